The average Bonchev–Trinajstić information content (AvgIpc) is 3.17. The maximum Gasteiger partial charge on any atom is 0.422 e. The zero-order valence-electron chi connectivity index (χ0n) is 31.4. The van der Waals surface area contributed by atoms with E-state index < -0.39 is 58.9 Å². The lowest BCUT2D eigenvalue weighted by Crippen LogP contribution is -2.23. The Bertz CT molecular complexity index is 2240. The normalized spacial score (nSPS) is 10.8. The van der Waals surface area contributed by atoms with Crippen LogP contribution in [0.25, 0.3) is 22.3 Å². The summed E-state index contributed by atoms with van der Waals surface area (Å²) in [5.74, 6) is -5.75. The number of methoxy groups -OCH3 is 2. The average molecular weight is 844 g/mol. The highest BCUT2D eigenvalue weighted by atomic mass is 19.4. The Labute approximate surface area is 331 Å². The minimum atomic E-state index is -5.02. The van der Waals surface area contributed by atoms with Gasteiger partial charge in [-0.05, 0) is 47.5 Å². The summed E-state index contributed by atoms with van der Waals surface area (Å²) in [5, 5.41) is 27.0. The molecule has 3 N–H and O–H groups in total. The molecule has 19 heteroatoms. The van der Waals surface area contributed by atoms with E-state index in [1.165, 1.54) is 57.0 Å². The van der Waals surface area contributed by atoms with Gasteiger partial charge in [0.2, 0.25) is 0 Å². The number of para-hydroxylation sites is 2. The first-order valence-electron chi connectivity index (χ1n) is 16.0. The first-order chi connectivity index (χ1) is 27.7. The third kappa shape index (κ3) is 14.6. The molecule has 0 spiro atoms. The quantitative estimate of drug-likeness (QED) is 0.0489. The highest BCUT2D eigenvalue weighted by Gasteiger charge is 2.40. The minimum absolute atomic E-state index is 0.0586. The standard InChI is InChI=1S/C21H14F6O5.C13H12O3.C4H3F3O2.C2H2/c1-11(20(22,23)24)18(28)31-15-7-5-4-6-14(15)13-8-9-16(30-3)17(10-13)32-19(29)12(2)21(25,26)27;1-16-13-7-6-9(8-12(13)15)10-4-2-3-5-11(10)14;1-2(3(8)9)4(5,6)7;1-2/h4-10H,1-2H2,3H3;2-8,14-15H,1H3;1H2,(H,8,9);1-2H/i;;;1D. The molecule has 0 aliphatic carbocycles. The van der Waals surface area contributed by atoms with Crippen LogP contribution in [0.15, 0.2) is 121 Å². The Morgan fingerprint density at radius 1 is 0.576 bits per heavy atom. The van der Waals surface area contributed by atoms with E-state index in [9.17, 15) is 64.1 Å². The summed E-state index contributed by atoms with van der Waals surface area (Å²) in [6, 6.07) is 21.1. The molecule has 0 saturated carbocycles. The second-order valence-electron chi connectivity index (χ2n) is 10.8. The van der Waals surface area contributed by atoms with Gasteiger partial charge in [-0.15, -0.1) is 12.8 Å². The van der Waals surface area contributed by atoms with Crippen LogP contribution < -0.4 is 18.9 Å². The number of rotatable bonds is 9. The van der Waals surface area contributed by atoms with E-state index in [1.54, 1.807) is 36.4 Å². The molecule has 0 atom stereocenters. The zero-order chi connectivity index (χ0) is 46.2. The van der Waals surface area contributed by atoms with Gasteiger partial charge in [0.25, 0.3) is 0 Å². The predicted octanol–water partition coefficient (Wildman–Crippen LogP) is 9.62. The van der Waals surface area contributed by atoms with Crippen molar-refractivity contribution in [3.05, 3.63) is 121 Å². The number of aromatic hydroxyl groups is 2. The van der Waals surface area contributed by atoms with E-state index in [2.05, 4.69) is 26.2 Å². The molecule has 0 saturated heterocycles. The fraction of sp³-hybridized carbons (Fsp3) is 0.125. The number of carboxylic acid groups (broad SMARTS) is 1. The Hall–Kier alpha value is -7.36. The summed E-state index contributed by atoms with van der Waals surface area (Å²) in [6.07, 6.45) is -9.08. The van der Waals surface area contributed by atoms with Crippen LogP contribution in [-0.4, -0.2) is 66.0 Å². The Morgan fingerprint density at radius 3 is 1.39 bits per heavy atom. The van der Waals surface area contributed by atoms with E-state index in [0.717, 1.165) is 11.6 Å². The molecule has 59 heavy (non-hydrogen) atoms. The fourth-order valence-corrected chi connectivity index (χ4v) is 3.97. The van der Waals surface area contributed by atoms with Gasteiger partial charge in [-0.2, -0.15) is 39.5 Å². The Kier molecular flexibility index (Phi) is 17.2. The van der Waals surface area contributed by atoms with Crippen LogP contribution >= 0.6 is 0 Å². The van der Waals surface area contributed by atoms with Crippen molar-refractivity contribution >= 4 is 17.9 Å². The lowest BCUT2D eigenvalue weighted by Gasteiger charge is -2.15. The maximum absolute atomic E-state index is 12.7. The van der Waals surface area contributed by atoms with Gasteiger partial charge in [-0.1, -0.05) is 68.3 Å². The number of carbonyl (C=O) groups is 3. The summed E-state index contributed by atoms with van der Waals surface area (Å²) in [4.78, 5) is 33.1. The molecule has 10 nitrogen and oxygen atoms in total. The third-order valence-corrected chi connectivity index (χ3v) is 6.94. The van der Waals surface area contributed by atoms with Gasteiger partial charge in [-0.25, -0.2) is 14.4 Å². The van der Waals surface area contributed by atoms with E-state index in [-0.39, 0.29) is 34.1 Å². The van der Waals surface area contributed by atoms with Gasteiger partial charge in [-0.3, -0.25) is 0 Å². The fourth-order valence-electron chi connectivity index (χ4n) is 3.97. The van der Waals surface area contributed by atoms with Crippen LogP contribution in [0.3, 0.4) is 0 Å². The molecule has 0 aliphatic rings. The number of carbonyl (C=O) groups excluding carboxylic acids is 2. The number of hydrogen-bond donors (Lipinski definition) is 3. The number of phenols is 2. The largest absolute Gasteiger partial charge is 0.507 e. The number of ether oxygens (including phenoxy) is 4. The van der Waals surface area contributed by atoms with E-state index in [0.29, 0.717) is 11.3 Å². The zero-order valence-corrected chi connectivity index (χ0v) is 30.4. The monoisotopic (exact) mass is 843 g/mol. The van der Waals surface area contributed by atoms with Crippen LogP contribution in [0.4, 0.5) is 39.5 Å². The number of esters is 2. The number of carboxylic acids is 1. The third-order valence-electron chi connectivity index (χ3n) is 6.94. The van der Waals surface area contributed by atoms with Crippen molar-refractivity contribution in [2.24, 2.45) is 0 Å². The lowest BCUT2D eigenvalue weighted by molar-refractivity contribution is -0.145. The molecule has 314 valence electrons. The number of halogens is 9. The molecular formula is C40H31F9O10. The second kappa shape index (κ2) is 21.2. The minimum Gasteiger partial charge on any atom is -0.507 e. The predicted molar refractivity (Wildman–Crippen MR) is 195 cm³/mol. The van der Waals surface area contributed by atoms with Crippen molar-refractivity contribution in [1.29, 1.82) is 0 Å². The Balaban J connectivity index is 0.000000527. The SMILES string of the molecule is C=C(C(=O)O)C(F)(F)F.C=C(C(=O)Oc1cc(-c2ccccc2OC(=O)C(=C)C(F)(F)F)ccc1OC)C(F)(F)F.COc1ccc(-c2ccccc2O)cc1O.[2H]C#C. The summed E-state index contributed by atoms with van der Waals surface area (Å²) in [5.41, 5.74) is -3.61. The summed E-state index contributed by atoms with van der Waals surface area (Å²) >= 11 is 0. The number of phenolic OH excluding ortho intramolecular Hbond substituents is 2. The summed E-state index contributed by atoms with van der Waals surface area (Å²) < 4.78 is 135. The van der Waals surface area contributed by atoms with E-state index in [4.69, 9.17) is 25.4 Å². The molecule has 4 rings (SSSR count). The molecule has 0 aromatic heterocycles. The van der Waals surface area contributed by atoms with Crippen molar-refractivity contribution in [3.63, 3.8) is 0 Å². The number of aliphatic carboxylic acids is 1. The van der Waals surface area contributed by atoms with E-state index >= 15 is 0 Å². The molecule has 0 amide bonds. The van der Waals surface area contributed by atoms with Crippen molar-refractivity contribution < 1.29 is 89.5 Å². The van der Waals surface area contributed by atoms with Gasteiger partial charge in [0, 0.05) is 11.1 Å². The molecule has 0 heterocycles. The first kappa shape index (κ1) is 47.8. The number of hydrogen-bond acceptors (Lipinski definition) is 9. The molecule has 0 aliphatic heterocycles. The van der Waals surface area contributed by atoms with Gasteiger partial charge in [0.15, 0.2) is 23.0 Å². The molecular weight excluding hydrogens is 811 g/mol. The van der Waals surface area contributed by atoms with Gasteiger partial charge < -0.3 is 34.3 Å². The van der Waals surface area contributed by atoms with Crippen molar-refractivity contribution in [2.75, 3.05) is 14.2 Å². The second-order valence-corrected chi connectivity index (χ2v) is 10.8. The van der Waals surface area contributed by atoms with Gasteiger partial charge in [0.05, 0.1) is 14.2 Å². The highest BCUT2D eigenvalue weighted by Crippen LogP contribution is 2.39. The first-order valence-corrected chi connectivity index (χ1v) is 15.5. The number of alkyl halides is 9. The van der Waals surface area contributed by atoms with Crippen LogP contribution in [0, 0.1) is 12.8 Å². The lowest BCUT2D eigenvalue weighted by atomic mass is 10.0. The Morgan fingerprint density at radius 2 is 0.983 bits per heavy atom. The molecule has 4 aromatic carbocycles. The smallest absolute Gasteiger partial charge is 0.422 e. The number of terminal acetylenes is 1. The van der Waals surface area contributed by atoms with Gasteiger partial charge >= 0.3 is 36.4 Å². The van der Waals surface area contributed by atoms with Crippen molar-refractivity contribution in [1.82, 2.24) is 0 Å². The van der Waals surface area contributed by atoms with Crippen molar-refractivity contribution in [3.8, 4) is 69.6 Å². The van der Waals surface area contributed by atoms with Crippen LogP contribution in [0.1, 0.15) is 1.37 Å². The topological polar surface area (TPSA) is 149 Å². The molecule has 0 unspecified atom stereocenters. The summed E-state index contributed by atoms with van der Waals surface area (Å²) in [6.45, 7) is 7.60. The molecule has 4 aromatic rings. The highest BCUT2D eigenvalue weighted by molar-refractivity contribution is 5.93. The van der Waals surface area contributed by atoms with Crippen LogP contribution in [0.5, 0.6) is 34.5 Å². The molecule has 0 bridgehead atoms. The van der Waals surface area contributed by atoms with E-state index in [1.807, 2.05) is 6.07 Å². The van der Waals surface area contributed by atoms with Crippen LogP contribution in [-0.2, 0) is 14.4 Å². The van der Waals surface area contributed by atoms with Crippen molar-refractivity contribution in [2.45, 2.75) is 18.5 Å². The molecule has 0 fully saturated rings. The maximum atomic E-state index is 12.7. The van der Waals surface area contributed by atoms with Crippen LogP contribution in [0.2, 0.25) is 0 Å². The number of benzene rings is 4. The summed E-state index contributed by atoms with van der Waals surface area (Å²) in [7, 11) is 2.66. The molecule has 0 radical (unpaired) electrons. The van der Waals surface area contributed by atoms with Gasteiger partial charge in [0.1, 0.15) is 29.6 Å².